The van der Waals surface area contributed by atoms with E-state index in [0.29, 0.717) is 18.3 Å². The molecule has 0 spiro atoms. The molecule has 0 aromatic carbocycles. The molecule has 1 aliphatic rings. The lowest BCUT2D eigenvalue weighted by molar-refractivity contribution is 0.151. The molecule has 1 fully saturated rings. The van der Waals surface area contributed by atoms with Gasteiger partial charge in [-0.3, -0.25) is 0 Å². The molecule has 0 bridgehead atoms. The van der Waals surface area contributed by atoms with Crippen molar-refractivity contribution in [1.29, 1.82) is 0 Å². The fraction of sp³-hybridized carbons (Fsp3) is 0.800. The minimum Gasteiger partial charge on any atom is -0.392 e. The number of rotatable bonds is 4. The molecule has 4 heteroatoms. The zero-order valence-electron chi connectivity index (χ0n) is 8.60. The van der Waals surface area contributed by atoms with Gasteiger partial charge in [-0.2, -0.15) is 4.37 Å². The highest BCUT2D eigenvalue weighted by Crippen LogP contribution is 2.34. The molecule has 1 heterocycles. The van der Waals surface area contributed by atoms with Gasteiger partial charge in [0, 0.05) is 12.3 Å². The van der Waals surface area contributed by atoms with Gasteiger partial charge in [0.1, 0.15) is 10.8 Å². The van der Waals surface area contributed by atoms with Crippen molar-refractivity contribution in [2.75, 3.05) is 0 Å². The Kier molecular flexibility index (Phi) is 2.83. The molecule has 3 nitrogen and oxygen atoms in total. The highest BCUT2D eigenvalue weighted by atomic mass is 32.1. The summed E-state index contributed by atoms with van der Waals surface area (Å²) in [5.74, 6) is 1.83. The molecule has 0 radical (unpaired) electrons. The molecule has 0 saturated heterocycles. The van der Waals surface area contributed by atoms with E-state index in [0.717, 1.165) is 10.8 Å². The summed E-state index contributed by atoms with van der Waals surface area (Å²) in [4.78, 5) is 4.41. The minimum absolute atomic E-state index is 0.192. The summed E-state index contributed by atoms with van der Waals surface area (Å²) in [7, 11) is 0. The van der Waals surface area contributed by atoms with E-state index in [9.17, 15) is 5.11 Å². The predicted molar refractivity (Wildman–Crippen MR) is 56.4 cm³/mol. The molecule has 1 unspecified atom stereocenters. The molecule has 14 heavy (non-hydrogen) atoms. The van der Waals surface area contributed by atoms with Crippen LogP contribution in [0.15, 0.2) is 0 Å². The number of aromatic nitrogens is 2. The predicted octanol–water partition coefficient (Wildman–Crippen LogP) is 1.97. The summed E-state index contributed by atoms with van der Waals surface area (Å²) in [6, 6.07) is 0. The molecule has 78 valence electrons. The number of nitrogens with zero attached hydrogens (tertiary/aromatic N) is 2. The second-order valence-electron chi connectivity index (χ2n) is 4.31. The zero-order chi connectivity index (χ0) is 10.1. The molecule has 1 saturated carbocycles. The van der Waals surface area contributed by atoms with E-state index in [1.54, 1.807) is 0 Å². The Morgan fingerprint density at radius 2 is 2.21 bits per heavy atom. The van der Waals surface area contributed by atoms with Gasteiger partial charge in [-0.05, 0) is 30.3 Å². The number of hydrogen-bond donors (Lipinski definition) is 1. The molecule has 2 rings (SSSR count). The van der Waals surface area contributed by atoms with Crippen molar-refractivity contribution in [2.45, 2.75) is 45.1 Å². The maximum Gasteiger partial charge on any atom is 0.145 e. The highest BCUT2D eigenvalue weighted by molar-refractivity contribution is 7.05. The minimum atomic E-state index is -0.192. The Hall–Kier alpha value is -0.480. The first kappa shape index (κ1) is 10.1. The number of aliphatic hydroxyl groups excluding tert-OH is 1. The van der Waals surface area contributed by atoms with Crippen molar-refractivity contribution in [1.82, 2.24) is 9.36 Å². The van der Waals surface area contributed by atoms with Crippen molar-refractivity contribution in [3.63, 3.8) is 0 Å². The van der Waals surface area contributed by atoms with E-state index >= 15 is 0 Å². The Bertz CT molecular complexity index is 307. The third-order valence-corrected chi connectivity index (χ3v) is 3.30. The first-order valence-corrected chi connectivity index (χ1v) is 5.94. The largest absolute Gasteiger partial charge is 0.392 e. The second-order valence-corrected chi connectivity index (χ2v) is 5.15. The second kappa shape index (κ2) is 3.95. The van der Waals surface area contributed by atoms with Crippen molar-refractivity contribution in [2.24, 2.45) is 5.92 Å². The van der Waals surface area contributed by atoms with Gasteiger partial charge < -0.3 is 5.11 Å². The first-order chi connectivity index (χ1) is 6.66. The average Bonchev–Trinajstić information content (AvgIpc) is 2.87. The molecule has 1 aromatic rings. The highest BCUT2D eigenvalue weighted by Gasteiger charge is 2.30. The number of hydrogen-bond acceptors (Lipinski definition) is 4. The van der Waals surface area contributed by atoms with E-state index in [1.807, 2.05) is 0 Å². The fourth-order valence-corrected chi connectivity index (χ4v) is 2.24. The van der Waals surface area contributed by atoms with Crippen molar-refractivity contribution in [3.8, 4) is 0 Å². The van der Waals surface area contributed by atoms with E-state index in [2.05, 4.69) is 23.2 Å². The van der Waals surface area contributed by atoms with Gasteiger partial charge in [0.05, 0.1) is 6.10 Å². The van der Waals surface area contributed by atoms with Gasteiger partial charge in [-0.25, -0.2) is 4.98 Å². The summed E-state index contributed by atoms with van der Waals surface area (Å²) in [5, 5.41) is 10.7. The van der Waals surface area contributed by atoms with E-state index in [4.69, 9.17) is 0 Å². The van der Waals surface area contributed by atoms with Crippen LogP contribution in [0.4, 0.5) is 0 Å². The first-order valence-electron chi connectivity index (χ1n) is 5.17. The van der Waals surface area contributed by atoms with Gasteiger partial charge >= 0.3 is 0 Å². The van der Waals surface area contributed by atoms with Crippen LogP contribution in [0, 0.1) is 5.92 Å². The van der Waals surface area contributed by atoms with Gasteiger partial charge in [0.25, 0.3) is 0 Å². The van der Waals surface area contributed by atoms with Gasteiger partial charge in [0.15, 0.2) is 0 Å². The molecule has 1 aromatic heterocycles. The smallest absolute Gasteiger partial charge is 0.145 e. The third kappa shape index (κ3) is 2.30. The molecule has 1 aliphatic carbocycles. The maximum absolute atomic E-state index is 9.73. The van der Waals surface area contributed by atoms with Crippen LogP contribution in [-0.2, 0) is 6.42 Å². The van der Waals surface area contributed by atoms with Crippen LogP contribution in [0.5, 0.6) is 0 Å². The lowest BCUT2D eigenvalue weighted by Crippen LogP contribution is -2.12. The average molecular weight is 212 g/mol. The van der Waals surface area contributed by atoms with Crippen LogP contribution in [0.25, 0.3) is 0 Å². The normalized spacial score (nSPS) is 18.9. The van der Waals surface area contributed by atoms with E-state index in [-0.39, 0.29) is 6.10 Å². The third-order valence-electron chi connectivity index (χ3n) is 2.55. The summed E-state index contributed by atoms with van der Waals surface area (Å²) < 4.78 is 4.27. The Morgan fingerprint density at radius 3 is 2.71 bits per heavy atom. The Balaban J connectivity index is 1.95. The Morgan fingerprint density at radius 1 is 1.50 bits per heavy atom. The van der Waals surface area contributed by atoms with Crippen LogP contribution in [-0.4, -0.2) is 20.6 Å². The lowest BCUT2D eigenvalue weighted by atomic mass is 10.2. The molecular formula is C10H16N2OS. The lowest BCUT2D eigenvalue weighted by Gasteiger charge is -2.04. The number of aliphatic hydroxyl groups is 1. The van der Waals surface area contributed by atoms with Gasteiger partial charge in [0.2, 0.25) is 0 Å². The van der Waals surface area contributed by atoms with Gasteiger partial charge in [-0.1, -0.05) is 13.8 Å². The van der Waals surface area contributed by atoms with Crippen molar-refractivity contribution < 1.29 is 5.11 Å². The standard InChI is InChI=1S/C10H16N2OS/c1-6(2)10-11-9(14-12-10)5-8(13)7-3-4-7/h6-8,13H,3-5H2,1-2H3. The molecule has 1 atom stereocenters. The quantitative estimate of drug-likeness (QED) is 0.830. The summed E-state index contributed by atoms with van der Waals surface area (Å²) in [5.41, 5.74) is 0. The fourth-order valence-electron chi connectivity index (χ4n) is 1.41. The molecule has 1 N–H and O–H groups in total. The van der Waals surface area contributed by atoms with Crippen LogP contribution in [0.1, 0.15) is 43.4 Å². The molecule has 0 amide bonds. The SMILES string of the molecule is CC(C)c1nsc(CC(O)C2CC2)n1. The van der Waals surface area contributed by atoms with E-state index < -0.39 is 0 Å². The molecular weight excluding hydrogens is 196 g/mol. The van der Waals surface area contributed by atoms with Crippen LogP contribution in [0.3, 0.4) is 0 Å². The monoisotopic (exact) mass is 212 g/mol. The van der Waals surface area contributed by atoms with Crippen LogP contribution < -0.4 is 0 Å². The summed E-state index contributed by atoms with van der Waals surface area (Å²) in [6.07, 6.45) is 2.85. The van der Waals surface area contributed by atoms with Crippen LogP contribution >= 0.6 is 11.5 Å². The summed E-state index contributed by atoms with van der Waals surface area (Å²) >= 11 is 1.43. The molecule has 0 aliphatic heterocycles. The topological polar surface area (TPSA) is 46.0 Å². The maximum atomic E-state index is 9.73. The Labute approximate surface area is 88.4 Å². The van der Waals surface area contributed by atoms with Crippen LogP contribution in [0.2, 0.25) is 0 Å². The zero-order valence-corrected chi connectivity index (χ0v) is 9.42. The van der Waals surface area contributed by atoms with Gasteiger partial charge in [-0.15, -0.1) is 0 Å². The summed E-state index contributed by atoms with van der Waals surface area (Å²) in [6.45, 7) is 4.17. The van der Waals surface area contributed by atoms with E-state index in [1.165, 1.54) is 24.4 Å². The van der Waals surface area contributed by atoms with Crippen molar-refractivity contribution in [3.05, 3.63) is 10.8 Å². The van der Waals surface area contributed by atoms with Crippen molar-refractivity contribution >= 4 is 11.5 Å².